The molecule has 0 aliphatic heterocycles. The summed E-state index contributed by atoms with van der Waals surface area (Å²) >= 11 is 0. The lowest BCUT2D eigenvalue weighted by molar-refractivity contribution is 0.0526. The fraction of sp³-hybridized carbons (Fsp3) is 0.158. The summed E-state index contributed by atoms with van der Waals surface area (Å²) in [6, 6.07) is 9.21. The number of carbonyl (C=O) groups is 3. The Bertz CT molecular complexity index is 816. The molecule has 0 saturated heterocycles. The van der Waals surface area contributed by atoms with Crippen molar-refractivity contribution in [3.8, 4) is 0 Å². The van der Waals surface area contributed by atoms with Crippen molar-refractivity contribution in [1.82, 2.24) is 10.3 Å². The summed E-state index contributed by atoms with van der Waals surface area (Å²) in [6.07, 6.45) is 2.95. The van der Waals surface area contributed by atoms with Crippen molar-refractivity contribution >= 4 is 23.5 Å². The molecule has 7 heteroatoms. The number of aromatic nitrogens is 1. The van der Waals surface area contributed by atoms with Crippen LogP contribution in [0.15, 0.2) is 55.3 Å². The summed E-state index contributed by atoms with van der Waals surface area (Å²) in [4.78, 5) is 39.8. The Balaban J connectivity index is 2.06. The number of pyridine rings is 1. The molecule has 7 nitrogen and oxygen atoms in total. The van der Waals surface area contributed by atoms with Crippen LogP contribution in [0.4, 0.5) is 5.69 Å². The van der Waals surface area contributed by atoms with Crippen LogP contribution in [0.5, 0.6) is 0 Å². The molecule has 0 aliphatic rings. The molecule has 26 heavy (non-hydrogen) atoms. The average molecular weight is 353 g/mol. The summed E-state index contributed by atoms with van der Waals surface area (Å²) in [6.45, 7) is 5.87. The summed E-state index contributed by atoms with van der Waals surface area (Å²) in [5.74, 6) is -1.21. The monoisotopic (exact) mass is 353 g/mol. The van der Waals surface area contributed by atoms with E-state index in [1.54, 1.807) is 37.3 Å². The van der Waals surface area contributed by atoms with Gasteiger partial charge in [0.25, 0.3) is 11.8 Å². The first-order chi connectivity index (χ1) is 12.5. The maximum absolute atomic E-state index is 12.3. The zero-order chi connectivity index (χ0) is 18.9. The molecule has 2 amide bonds. The molecule has 1 aromatic heterocycles. The van der Waals surface area contributed by atoms with Crippen molar-refractivity contribution in [2.24, 2.45) is 0 Å². The molecule has 0 saturated carbocycles. The highest BCUT2D eigenvalue weighted by Crippen LogP contribution is 2.12. The number of hydrogen-bond donors (Lipinski definition) is 2. The third-order valence-electron chi connectivity index (χ3n) is 3.32. The third kappa shape index (κ3) is 5.01. The number of nitrogens with zero attached hydrogens (tertiary/aromatic N) is 1. The molecular weight excluding hydrogens is 334 g/mol. The number of carbonyl (C=O) groups excluding carboxylic acids is 3. The van der Waals surface area contributed by atoms with Crippen LogP contribution < -0.4 is 10.6 Å². The van der Waals surface area contributed by atoms with Gasteiger partial charge in [0.05, 0.1) is 12.2 Å². The number of benzene rings is 1. The SMILES string of the molecule is C=CCNC(=O)c1ccnc(C(=O)Nc2ccc(C(=O)OCC)cc2)c1. The quantitative estimate of drug-likeness (QED) is 0.588. The molecule has 0 unspecified atom stereocenters. The number of amides is 2. The largest absolute Gasteiger partial charge is 0.462 e. The van der Waals surface area contributed by atoms with Gasteiger partial charge in [-0.3, -0.25) is 14.6 Å². The molecule has 0 fully saturated rings. The van der Waals surface area contributed by atoms with Crippen LogP contribution in [-0.2, 0) is 4.74 Å². The second kappa shape index (κ2) is 9.12. The summed E-state index contributed by atoms with van der Waals surface area (Å²) in [7, 11) is 0. The Morgan fingerprint density at radius 3 is 2.50 bits per heavy atom. The van der Waals surface area contributed by atoms with Crippen molar-refractivity contribution in [3.05, 3.63) is 72.1 Å². The van der Waals surface area contributed by atoms with Gasteiger partial charge in [0, 0.05) is 24.0 Å². The molecule has 2 rings (SSSR count). The van der Waals surface area contributed by atoms with Crippen LogP contribution in [-0.4, -0.2) is 35.9 Å². The lowest BCUT2D eigenvalue weighted by Crippen LogP contribution is -2.24. The molecule has 1 aromatic carbocycles. The number of rotatable bonds is 7. The second-order valence-electron chi connectivity index (χ2n) is 5.18. The maximum atomic E-state index is 12.3. The summed E-state index contributed by atoms with van der Waals surface area (Å²) in [5.41, 5.74) is 1.31. The third-order valence-corrected chi connectivity index (χ3v) is 3.32. The zero-order valence-corrected chi connectivity index (χ0v) is 14.3. The normalized spacial score (nSPS) is 9.88. The van der Waals surface area contributed by atoms with Crippen LogP contribution in [0.2, 0.25) is 0 Å². The van der Waals surface area contributed by atoms with Crippen molar-refractivity contribution in [2.75, 3.05) is 18.5 Å². The van der Waals surface area contributed by atoms with E-state index in [0.717, 1.165) is 0 Å². The predicted octanol–water partition coefficient (Wildman–Crippen LogP) is 2.43. The second-order valence-corrected chi connectivity index (χ2v) is 5.18. The van der Waals surface area contributed by atoms with E-state index >= 15 is 0 Å². The van der Waals surface area contributed by atoms with Crippen LogP contribution in [0, 0.1) is 0 Å². The van der Waals surface area contributed by atoms with Gasteiger partial charge in [0.15, 0.2) is 0 Å². The Morgan fingerprint density at radius 2 is 1.85 bits per heavy atom. The molecule has 1 heterocycles. The summed E-state index contributed by atoms with van der Waals surface area (Å²) in [5, 5.41) is 5.30. The van der Waals surface area contributed by atoms with E-state index in [9.17, 15) is 14.4 Å². The first kappa shape index (κ1) is 18.9. The lowest BCUT2D eigenvalue weighted by atomic mass is 10.2. The van der Waals surface area contributed by atoms with Gasteiger partial charge in [-0.15, -0.1) is 6.58 Å². The van der Waals surface area contributed by atoms with Gasteiger partial charge in [0.1, 0.15) is 5.69 Å². The maximum Gasteiger partial charge on any atom is 0.338 e. The van der Waals surface area contributed by atoms with E-state index in [1.165, 1.54) is 18.3 Å². The fourth-order valence-corrected chi connectivity index (χ4v) is 2.06. The van der Waals surface area contributed by atoms with Gasteiger partial charge in [-0.2, -0.15) is 0 Å². The van der Waals surface area contributed by atoms with Gasteiger partial charge >= 0.3 is 5.97 Å². The van der Waals surface area contributed by atoms with E-state index in [4.69, 9.17) is 4.74 Å². The standard InChI is InChI=1S/C19H19N3O4/c1-3-10-21-17(23)14-9-11-20-16(12-14)18(24)22-15-7-5-13(6-8-15)19(25)26-4-2/h3,5-9,11-12H,1,4,10H2,2H3,(H,21,23)(H,22,24). The minimum atomic E-state index is -0.466. The molecule has 0 spiro atoms. The number of anilines is 1. The van der Waals surface area contributed by atoms with Gasteiger partial charge < -0.3 is 15.4 Å². The van der Waals surface area contributed by atoms with Crippen LogP contribution in [0.3, 0.4) is 0 Å². The fourth-order valence-electron chi connectivity index (χ4n) is 2.06. The number of hydrogen-bond acceptors (Lipinski definition) is 5. The predicted molar refractivity (Wildman–Crippen MR) is 97.1 cm³/mol. The van der Waals surface area contributed by atoms with Crippen LogP contribution in [0.1, 0.15) is 38.1 Å². The van der Waals surface area contributed by atoms with Gasteiger partial charge in [-0.05, 0) is 43.3 Å². The molecule has 0 aliphatic carbocycles. The number of nitrogens with one attached hydrogen (secondary N) is 2. The number of esters is 1. The Morgan fingerprint density at radius 1 is 1.12 bits per heavy atom. The minimum absolute atomic E-state index is 0.103. The molecule has 2 aromatic rings. The molecule has 0 radical (unpaired) electrons. The van der Waals surface area contributed by atoms with E-state index < -0.39 is 11.9 Å². The molecule has 134 valence electrons. The van der Waals surface area contributed by atoms with E-state index in [0.29, 0.717) is 30.0 Å². The van der Waals surface area contributed by atoms with Gasteiger partial charge in [-0.25, -0.2) is 4.79 Å². The van der Waals surface area contributed by atoms with Crippen LogP contribution in [0.25, 0.3) is 0 Å². The molecule has 0 atom stereocenters. The number of ether oxygens (including phenoxy) is 1. The zero-order valence-electron chi connectivity index (χ0n) is 14.3. The van der Waals surface area contributed by atoms with Gasteiger partial charge in [0.2, 0.25) is 0 Å². The average Bonchev–Trinajstić information content (AvgIpc) is 2.67. The first-order valence-corrected chi connectivity index (χ1v) is 7.98. The smallest absolute Gasteiger partial charge is 0.338 e. The van der Waals surface area contributed by atoms with Crippen molar-refractivity contribution in [3.63, 3.8) is 0 Å². The van der Waals surface area contributed by atoms with E-state index in [2.05, 4.69) is 22.2 Å². The van der Waals surface area contributed by atoms with Crippen molar-refractivity contribution in [2.45, 2.75) is 6.92 Å². The Labute approximate surface area is 151 Å². The topological polar surface area (TPSA) is 97.4 Å². The molecule has 2 N–H and O–H groups in total. The van der Waals surface area contributed by atoms with Gasteiger partial charge in [-0.1, -0.05) is 6.08 Å². The molecule has 0 bridgehead atoms. The molecular formula is C19H19N3O4. The van der Waals surface area contributed by atoms with Crippen molar-refractivity contribution < 1.29 is 19.1 Å². The lowest BCUT2D eigenvalue weighted by Gasteiger charge is -2.07. The summed E-state index contributed by atoms with van der Waals surface area (Å²) < 4.78 is 4.90. The van der Waals surface area contributed by atoms with Crippen LogP contribution >= 0.6 is 0 Å². The minimum Gasteiger partial charge on any atom is -0.462 e. The first-order valence-electron chi connectivity index (χ1n) is 7.98. The van der Waals surface area contributed by atoms with Crippen molar-refractivity contribution in [1.29, 1.82) is 0 Å². The van der Waals surface area contributed by atoms with E-state index in [-0.39, 0.29) is 11.6 Å². The van der Waals surface area contributed by atoms with E-state index in [1.807, 2.05) is 0 Å². The Hall–Kier alpha value is -3.48. The highest BCUT2D eigenvalue weighted by Gasteiger charge is 2.12. The highest BCUT2D eigenvalue weighted by atomic mass is 16.5. The Kier molecular flexibility index (Phi) is 6.61. The highest BCUT2D eigenvalue weighted by molar-refractivity contribution is 6.05.